The molecule has 1 atom stereocenters. The van der Waals surface area contributed by atoms with E-state index in [-0.39, 0.29) is 17.6 Å². The van der Waals surface area contributed by atoms with Gasteiger partial charge in [-0.05, 0) is 35.7 Å². The summed E-state index contributed by atoms with van der Waals surface area (Å²) >= 11 is 0. The van der Waals surface area contributed by atoms with E-state index in [9.17, 15) is 9.18 Å². The zero-order valence-corrected chi connectivity index (χ0v) is 10.2. The molecule has 0 aromatic heterocycles. The van der Waals surface area contributed by atoms with Gasteiger partial charge in [-0.3, -0.25) is 4.79 Å². The Kier molecular flexibility index (Phi) is 2.95. The van der Waals surface area contributed by atoms with Gasteiger partial charge in [0.05, 0.1) is 0 Å². The van der Waals surface area contributed by atoms with Crippen LogP contribution in [0.25, 0.3) is 0 Å². The van der Waals surface area contributed by atoms with Crippen molar-refractivity contribution in [3.8, 4) is 0 Å². The van der Waals surface area contributed by atoms with Crippen molar-refractivity contribution in [3.05, 3.63) is 71.0 Å². The number of aliphatic imine (C=N–C) groups is 1. The molecule has 2 nitrogen and oxygen atoms in total. The predicted molar refractivity (Wildman–Crippen MR) is 72.1 cm³/mol. The van der Waals surface area contributed by atoms with Crippen molar-refractivity contribution in [3.63, 3.8) is 0 Å². The van der Waals surface area contributed by atoms with Crippen LogP contribution in [0, 0.1) is 5.82 Å². The molecular weight excluding hydrogens is 241 g/mol. The molecular formula is C16H12FNO. The summed E-state index contributed by atoms with van der Waals surface area (Å²) in [5, 5.41) is 0. The van der Waals surface area contributed by atoms with Gasteiger partial charge in [0.1, 0.15) is 5.82 Å². The topological polar surface area (TPSA) is 29.4 Å². The van der Waals surface area contributed by atoms with Crippen LogP contribution >= 0.6 is 0 Å². The SMILES string of the molecule is O=C1N=CC(Cc2ccc(F)cc2)c2ccccc21. The summed E-state index contributed by atoms with van der Waals surface area (Å²) < 4.78 is 12.9. The van der Waals surface area contributed by atoms with E-state index in [1.165, 1.54) is 12.1 Å². The molecule has 0 saturated heterocycles. The van der Waals surface area contributed by atoms with E-state index in [0.717, 1.165) is 11.1 Å². The number of halogens is 1. The number of rotatable bonds is 2. The van der Waals surface area contributed by atoms with Gasteiger partial charge >= 0.3 is 0 Å². The second-order valence-corrected chi connectivity index (χ2v) is 4.61. The minimum atomic E-state index is -0.239. The Labute approximate surface area is 110 Å². The minimum absolute atomic E-state index is 0.0689. The van der Waals surface area contributed by atoms with Gasteiger partial charge in [0, 0.05) is 17.7 Å². The number of amides is 1. The Morgan fingerprint density at radius 3 is 2.58 bits per heavy atom. The molecule has 1 heterocycles. The fraction of sp³-hybridized carbons (Fsp3) is 0.125. The molecule has 1 amide bonds. The molecule has 94 valence electrons. The van der Waals surface area contributed by atoms with E-state index in [4.69, 9.17) is 0 Å². The summed E-state index contributed by atoms with van der Waals surface area (Å²) in [7, 11) is 0. The van der Waals surface area contributed by atoms with Crippen LogP contribution < -0.4 is 0 Å². The molecule has 1 aliphatic heterocycles. The van der Waals surface area contributed by atoms with E-state index in [1.807, 2.05) is 18.2 Å². The number of hydrogen-bond acceptors (Lipinski definition) is 1. The first-order valence-electron chi connectivity index (χ1n) is 6.16. The Hall–Kier alpha value is -2.29. The second kappa shape index (κ2) is 4.76. The van der Waals surface area contributed by atoms with Crippen LogP contribution in [0.5, 0.6) is 0 Å². The standard InChI is InChI=1S/C16H12FNO/c17-13-7-5-11(6-8-13)9-12-10-18-16(19)15-4-2-1-3-14(12)15/h1-8,10,12H,9H2. The van der Waals surface area contributed by atoms with Crippen molar-refractivity contribution in [1.29, 1.82) is 0 Å². The van der Waals surface area contributed by atoms with E-state index in [1.54, 1.807) is 24.4 Å². The maximum atomic E-state index is 12.9. The first-order chi connectivity index (χ1) is 9.24. The summed E-state index contributed by atoms with van der Waals surface area (Å²) in [6, 6.07) is 13.9. The average Bonchev–Trinajstić information content (AvgIpc) is 2.45. The van der Waals surface area contributed by atoms with Gasteiger partial charge < -0.3 is 0 Å². The first kappa shape index (κ1) is 11.8. The average molecular weight is 253 g/mol. The van der Waals surface area contributed by atoms with Crippen molar-refractivity contribution in [2.24, 2.45) is 4.99 Å². The largest absolute Gasteiger partial charge is 0.276 e. The maximum absolute atomic E-state index is 12.9. The zero-order chi connectivity index (χ0) is 13.2. The highest BCUT2D eigenvalue weighted by Crippen LogP contribution is 2.26. The van der Waals surface area contributed by atoms with Crippen LogP contribution in [-0.4, -0.2) is 12.1 Å². The lowest BCUT2D eigenvalue weighted by molar-refractivity contribution is 0.1000. The van der Waals surface area contributed by atoms with Crippen LogP contribution in [-0.2, 0) is 6.42 Å². The molecule has 2 aromatic rings. The van der Waals surface area contributed by atoms with Gasteiger partial charge in [0.2, 0.25) is 0 Å². The number of benzene rings is 2. The number of carbonyl (C=O) groups is 1. The lowest BCUT2D eigenvalue weighted by atomic mass is 9.88. The van der Waals surface area contributed by atoms with Crippen molar-refractivity contribution in [2.45, 2.75) is 12.3 Å². The highest BCUT2D eigenvalue weighted by atomic mass is 19.1. The molecule has 1 aliphatic rings. The molecule has 0 spiro atoms. The second-order valence-electron chi connectivity index (χ2n) is 4.61. The van der Waals surface area contributed by atoms with Crippen molar-refractivity contribution in [1.82, 2.24) is 0 Å². The summed E-state index contributed by atoms with van der Waals surface area (Å²) in [5.74, 6) is -0.359. The van der Waals surface area contributed by atoms with Gasteiger partial charge in [0.25, 0.3) is 5.91 Å². The molecule has 19 heavy (non-hydrogen) atoms. The Morgan fingerprint density at radius 1 is 1.05 bits per heavy atom. The molecule has 3 rings (SSSR count). The third-order valence-electron chi connectivity index (χ3n) is 3.33. The van der Waals surface area contributed by atoms with Crippen LogP contribution in [0.15, 0.2) is 53.5 Å². The number of hydrogen-bond donors (Lipinski definition) is 0. The molecule has 1 unspecified atom stereocenters. The lowest BCUT2D eigenvalue weighted by Crippen LogP contribution is -2.15. The quantitative estimate of drug-likeness (QED) is 0.806. The minimum Gasteiger partial charge on any atom is -0.267 e. The Bertz CT molecular complexity index is 646. The number of nitrogens with zero attached hydrogens (tertiary/aromatic N) is 1. The first-order valence-corrected chi connectivity index (χ1v) is 6.16. The van der Waals surface area contributed by atoms with Gasteiger partial charge in [-0.2, -0.15) is 0 Å². The summed E-state index contributed by atoms with van der Waals surface area (Å²) in [4.78, 5) is 15.6. The molecule has 0 aliphatic carbocycles. The lowest BCUT2D eigenvalue weighted by Gasteiger charge is -2.19. The molecule has 0 radical (unpaired) electrons. The summed E-state index contributed by atoms with van der Waals surface area (Å²) in [5.41, 5.74) is 2.69. The van der Waals surface area contributed by atoms with Crippen LogP contribution in [0.1, 0.15) is 27.4 Å². The summed E-state index contributed by atoms with van der Waals surface area (Å²) in [6.45, 7) is 0. The Morgan fingerprint density at radius 2 is 1.79 bits per heavy atom. The van der Waals surface area contributed by atoms with Crippen molar-refractivity contribution >= 4 is 12.1 Å². The smallest absolute Gasteiger partial charge is 0.267 e. The molecule has 2 aromatic carbocycles. The normalized spacial score (nSPS) is 17.3. The highest BCUT2D eigenvalue weighted by molar-refractivity contribution is 6.04. The maximum Gasteiger partial charge on any atom is 0.276 e. The molecule has 3 heteroatoms. The van der Waals surface area contributed by atoms with Gasteiger partial charge in [-0.15, -0.1) is 0 Å². The number of fused-ring (bicyclic) bond motifs is 1. The molecule has 0 saturated carbocycles. The van der Waals surface area contributed by atoms with Crippen LogP contribution in [0.4, 0.5) is 4.39 Å². The summed E-state index contributed by atoms with van der Waals surface area (Å²) in [6.07, 6.45) is 2.40. The number of carbonyl (C=O) groups excluding carboxylic acids is 1. The fourth-order valence-electron chi connectivity index (χ4n) is 2.36. The predicted octanol–water partition coefficient (Wildman–Crippen LogP) is 3.38. The Balaban J connectivity index is 1.92. The van der Waals surface area contributed by atoms with Gasteiger partial charge in [-0.25, -0.2) is 9.38 Å². The third kappa shape index (κ3) is 2.32. The van der Waals surface area contributed by atoms with E-state index in [2.05, 4.69) is 4.99 Å². The van der Waals surface area contributed by atoms with E-state index < -0.39 is 0 Å². The molecule has 0 fully saturated rings. The monoisotopic (exact) mass is 253 g/mol. The van der Waals surface area contributed by atoms with Gasteiger partial charge in [0.15, 0.2) is 0 Å². The molecule has 0 N–H and O–H groups in total. The van der Waals surface area contributed by atoms with E-state index >= 15 is 0 Å². The van der Waals surface area contributed by atoms with Crippen LogP contribution in [0.3, 0.4) is 0 Å². The van der Waals surface area contributed by atoms with Crippen LogP contribution in [0.2, 0.25) is 0 Å². The molecule has 0 bridgehead atoms. The van der Waals surface area contributed by atoms with Crippen molar-refractivity contribution in [2.75, 3.05) is 0 Å². The fourth-order valence-corrected chi connectivity index (χ4v) is 2.36. The zero-order valence-electron chi connectivity index (χ0n) is 10.2. The highest BCUT2D eigenvalue weighted by Gasteiger charge is 2.21. The third-order valence-corrected chi connectivity index (χ3v) is 3.33. The van der Waals surface area contributed by atoms with Crippen molar-refractivity contribution < 1.29 is 9.18 Å². The van der Waals surface area contributed by atoms with E-state index in [0.29, 0.717) is 12.0 Å². The van der Waals surface area contributed by atoms with Gasteiger partial charge in [-0.1, -0.05) is 30.3 Å².